The van der Waals surface area contributed by atoms with E-state index < -0.39 is 0 Å². The number of hydrogen-bond donors (Lipinski definition) is 1. The fourth-order valence-electron chi connectivity index (χ4n) is 1.50. The number of nitrogens with zero attached hydrogens (tertiary/aromatic N) is 2. The van der Waals surface area contributed by atoms with Gasteiger partial charge in [0, 0.05) is 42.2 Å². The van der Waals surface area contributed by atoms with Crippen LogP contribution in [0, 0.1) is 0 Å². The van der Waals surface area contributed by atoms with Crippen LogP contribution in [0.3, 0.4) is 0 Å². The lowest BCUT2D eigenvalue weighted by atomic mass is 10.3. The number of imidazole rings is 1. The lowest BCUT2D eigenvalue weighted by molar-refractivity contribution is 0.811. The number of nitrogen functional groups attached to an aromatic ring is 1. The minimum atomic E-state index is 0.854. The molecule has 16 heavy (non-hydrogen) atoms. The highest BCUT2D eigenvalue weighted by Crippen LogP contribution is 2.24. The van der Waals surface area contributed by atoms with E-state index in [1.54, 1.807) is 11.8 Å². The monoisotopic (exact) mass is 233 g/mol. The van der Waals surface area contributed by atoms with Gasteiger partial charge in [-0.05, 0) is 12.1 Å². The van der Waals surface area contributed by atoms with Crippen molar-refractivity contribution in [3.63, 3.8) is 0 Å². The summed E-state index contributed by atoms with van der Waals surface area (Å²) in [5, 5.41) is 0. The lowest BCUT2D eigenvalue weighted by Crippen LogP contribution is -1.99. The maximum atomic E-state index is 5.87. The topological polar surface area (TPSA) is 43.8 Å². The molecule has 2 aromatic rings. The van der Waals surface area contributed by atoms with E-state index in [0.29, 0.717) is 0 Å². The number of aromatic nitrogens is 2. The molecule has 4 heteroatoms. The maximum Gasteiger partial charge on any atom is 0.109 e. The molecular weight excluding hydrogens is 218 g/mol. The van der Waals surface area contributed by atoms with E-state index in [0.717, 1.165) is 28.6 Å². The van der Waals surface area contributed by atoms with Crippen molar-refractivity contribution >= 4 is 17.4 Å². The smallest absolute Gasteiger partial charge is 0.109 e. The van der Waals surface area contributed by atoms with Crippen LogP contribution in [0.1, 0.15) is 5.82 Å². The van der Waals surface area contributed by atoms with Crippen LogP contribution in [-0.2, 0) is 13.5 Å². The molecule has 0 amide bonds. The Morgan fingerprint density at radius 1 is 1.38 bits per heavy atom. The summed E-state index contributed by atoms with van der Waals surface area (Å²) in [5.41, 5.74) is 6.72. The molecule has 1 aromatic carbocycles. The fourth-order valence-corrected chi connectivity index (χ4v) is 2.42. The van der Waals surface area contributed by atoms with Crippen molar-refractivity contribution in [1.82, 2.24) is 9.55 Å². The number of para-hydroxylation sites is 1. The van der Waals surface area contributed by atoms with E-state index in [9.17, 15) is 0 Å². The highest BCUT2D eigenvalue weighted by molar-refractivity contribution is 7.99. The van der Waals surface area contributed by atoms with Crippen LogP contribution < -0.4 is 5.73 Å². The number of benzene rings is 1. The molecule has 2 N–H and O–H groups in total. The first-order valence-corrected chi connectivity index (χ1v) is 6.19. The molecule has 3 nitrogen and oxygen atoms in total. The number of nitrogens with two attached hydrogens (primary N) is 1. The SMILES string of the molecule is Cn1ccnc1CCSc1ccccc1N. The molecule has 1 heterocycles. The van der Waals surface area contributed by atoms with Crippen molar-refractivity contribution in [3.8, 4) is 0 Å². The third-order valence-corrected chi connectivity index (χ3v) is 3.51. The van der Waals surface area contributed by atoms with Gasteiger partial charge in [-0.25, -0.2) is 4.98 Å². The van der Waals surface area contributed by atoms with Gasteiger partial charge in [-0.15, -0.1) is 11.8 Å². The van der Waals surface area contributed by atoms with Crippen LogP contribution in [0.2, 0.25) is 0 Å². The van der Waals surface area contributed by atoms with Crippen molar-refractivity contribution in [2.24, 2.45) is 7.05 Å². The van der Waals surface area contributed by atoms with Crippen LogP contribution in [0.4, 0.5) is 5.69 Å². The summed E-state index contributed by atoms with van der Waals surface area (Å²) in [6.45, 7) is 0. The average Bonchev–Trinajstić information content (AvgIpc) is 2.67. The zero-order chi connectivity index (χ0) is 11.4. The Bertz CT molecular complexity index is 465. The summed E-state index contributed by atoms with van der Waals surface area (Å²) in [5.74, 6) is 2.11. The molecule has 0 unspecified atom stereocenters. The molecule has 0 bridgehead atoms. The summed E-state index contributed by atoms with van der Waals surface area (Å²) in [7, 11) is 2.02. The van der Waals surface area contributed by atoms with Gasteiger partial charge >= 0.3 is 0 Å². The summed E-state index contributed by atoms with van der Waals surface area (Å²) in [6.07, 6.45) is 4.76. The van der Waals surface area contributed by atoms with E-state index >= 15 is 0 Å². The number of thioether (sulfide) groups is 1. The number of aryl methyl sites for hydroxylation is 2. The summed E-state index contributed by atoms with van der Waals surface area (Å²) < 4.78 is 2.05. The second-order valence-corrected chi connectivity index (χ2v) is 4.73. The molecule has 1 aromatic heterocycles. The van der Waals surface area contributed by atoms with Gasteiger partial charge in [0.25, 0.3) is 0 Å². The molecular formula is C12H15N3S. The molecule has 0 fully saturated rings. The summed E-state index contributed by atoms with van der Waals surface area (Å²) >= 11 is 1.78. The molecule has 0 spiro atoms. The third-order valence-electron chi connectivity index (χ3n) is 2.42. The van der Waals surface area contributed by atoms with Gasteiger partial charge in [-0.3, -0.25) is 0 Å². The molecule has 0 saturated heterocycles. The second kappa shape index (κ2) is 5.07. The second-order valence-electron chi connectivity index (χ2n) is 3.59. The molecule has 2 rings (SSSR count). The Kier molecular flexibility index (Phi) is 3.51. The molecule has 0 saturated carbocycles. The van der Waals surface area contributed by atoms with Crippen molar-refractivity contribution in [1.29, 1.82) is 0 Å². The van der Waals surface area contributed by atoms with Crippen LogP contribution in [0.15, 0.2) is 41.6 Å². The molecule has 0 aliphatic rings. The number of anilines is 1. The molecule has 0 aliphatic carbocycles. The van der Waals surface area contributed by atoms with E-state index in [4.69, 9.17) is 5.73 Å². The van der Waals surface area contributed by atoms with Crippen molar-refractivity contribution < 1.29 is 0 Å². The van der Waals surface area contributed by atoms with Crippen LogP contribution in [0.5, 0.6) is 0 Å². The van der Waals surface area contributed by atoms with Crippen LogP contribution in [-0.4, -0.2) is 15.3 Å². The zero-order valence-electron chi connectivity index (χ0n) is 9.26. The molecule has 0 aliphatic heterocycles. The Morgan fingerprint density at radius 3 is 2.88 bits per heavy atom. The third kappa shape index (κ3) is 2.58. The minimum absolute atomic E-state index is 0.854. The standard InChI is InChI=1S/C12H15N3S/c1-15-8-7-14-12(15)6-9-16-11-5-3-2-4-10(11)13/h2-5,7-8H,6,9,13H2,1H3. The Labute approximate surface area is 99.7 Å². The summed E-state index contributed by atoms with van der Waals surface area (Å²) in [6, 6.07) is 7.96. The van der Waals surface area contributed by atoms with Crippen molar-refractivity contribution in [2.45, 2.75) is 11.3 Å². The van der Waals surface area contributed by atoms with Gasteiger partial charge < -0.3 is 10.3 Å². The van der Waals surface area contributed by atoms with Gasteiger partial charge in [-0.2, -0.15) is 0 Å². The van der Waals surface area contributed by atoms with E-state index in [-0.39, 0.29) is 0 Å². The highest BCUT2D eigenvalue weighted by Gasteiger charge is 2.01. The number of rotatable bonds is 4. The van der Waals surface area contributed by atoms with Gasteiger partial charge in [-0.1, -0.05) is 12.1 Å². The predicted octanol–water partition coefficient (Wildman–Crippen LogP) is 2.34. The van der Waals surface area contributed by atoms with E-state index in [2.05, 4.69) is 15.6 Å². The first-order chi connectivity index (χ1) is 7.77. The zero-order valence-corrected chi connectivity index (χ0v) is 10.1. The normalized spacial score (nSPS) is 10.6. The minimum Gasteiger partial charge on any atom is -0.398 e. The Balaban J connectivity index is 1.89. The molecule has 0 radical (unpaired) electrons. The van der Waals surface area contributed by atoms with E-state index in [1.807, 2.05) is 37.6 Å². The largest absolute Gasteiger partial charge is 0.398 e. The lowest BCUT2D eigenvalue weighted by Gasteiger charge is -2.04. The molecule has 0 atom stereocenters. The Morgan fingerprint density at radius 2 is 2.19 bits per heavy atom. The Hall–Kier alpha value is -1.42. The first-order valence-electron chi connectivity index (χ1n) is 5.21. The molecule has 84 valence electrons. The van der Waals surface area contributed by atoms with Gasteiger partial charge in [0.2, 0.25) is 0 Å². The average molecular weight is 233 g/mol. The van der Waals surface area contributed by atoms with Crippen molar-refractivity contribution in [3.05, 3.63) is 42.5 Å². The highest BCUT2D eigenvalue weighted by atomic mass is 32.2. The number of hydrogen-bond acceptors (Lipinski definition) is 3. The quantitative estimate of drug-likeness (QED) is 0.651. The maximum absolute atomic E-state index is 5.87. The summed E-state index contributed by atoms with van der Waals surface area (Å²) in [4.78, 5) is 5.44. The van der Waals surface area contributed by atoms with E-state index in [1.165, 1.54) is 0 Å². The van der Waals surface area contributed by atoms with Gasteiger partial charge in [0.15, 0.2) is 0 Å². The van der Waals surface area contributed by atoms with Gasteiger partial charge in [0.1, 0.15) is 5.82 Å². The van der Waals surface area contributed by atoms with Gasteiger partial charge in [0.05, 0.1) is 0 Å². The first kappa shape index (κ1) is 11.1. The fraction of sp³-hybridized carbons (Fsp3) is 0.250. The van der Waals surface area contributed by atoms with Crippen molar-refractivity contribution in [2.75, 3.05) is 11.5 Å². The van der Waals surface area contributed by atoms with Crippen LogP contribution >= 0.6 is 11.8 Å². The predicted molar refractivity (Wildman–Crippen MR) is 68.5 cm³/mol. The van der Waals surface area contributed by atoms with Crippen LogP contribution in [0.25, 0.3) is 0 Å².